The zero-order valence-corrected chi connectivity index (χ0v) is 8.99. The molecule has 0 N–H and O–H groups in total. The first-order valence-corrected chi connectivity index (χ1v) is 5.61. The third-order valence-electron chi connectivity index (χ3n) is 2.21. The van der Waals surface area contributed by atoms with E-state index in [0.29, 0.717) is 0 Å². The van der Waals surface area contributed by atoms with Crippen LogP contribution in [0, 0.1) is 0 Å². The maximum atomic E-state index is 5.82. The molecular weight excluding hydrogens is 204 g/mol. The standard InChI is InChI=1S/C10H11ClOS/c1-10(12-6-7-13-10)8-2-4-9(11)5-3-8/h2-5H,6-7H2,1H3. The van der Waals surface area contributed by atoms with Crippen LogP contribution in [0.15, 0.2) is 24.3 Å². The van der Waals surface area contributed by atoms with Crippen molar-refractivity contribution in [3.05, 3.63) is 34.9 Å². The lowest BCUT2D eigenvalue weighted by molar-refractivity contribution is 0.0644. The van der Waals surface area contributed by atoms with Crippen molar-refractivity contribution in [2.75, 3.05) is 12.4 Å². The van der Waals surface area contributed by atoms with Crippen molar-refractivity contribution in [1.29, 1.82) is 0 Å². The average molecular weight is 215 g/mol. The molecule has 1 fully saturated rings. The third-order valence-corrected chi connectivity index (χ3v) is 3.73. The van der Waals surface area contributed by atoms with Crippen LogP contribution in [0.25, 0.3) is 0 Å². The van der Waals surface area contributed by atoms with Crippen LogP contribution >= 0.6 is 23.4 Å². The molecule has 0 spiro atoms. The molecule has 0 amide bonds. The Balaban J connectivity index is 2.29. The summed E-state index contributed by atoms with van der Waals surface area (Å²) >= 11 is 7.65. The smallest absolute Gasteiger partial charge is 0.136 e. The number of benzene rings is 1. The summed E-state index contributed by atoms with van der Waals surface area (Å²) in [5.74, 6) is 1.07. The van der Waals surface area contributed by atoms with E-state index in [1.54, 1.807) is 0 Å². The van der Waals surface area contributed by atoms with E-state index >= 15 is 0 Å². The van der Waals surface area contributed by atoms with Gasteiger partial charge in [-0.2, -0.15) is 0 Å². The Labute approximate surface area is 87.4 Å². The van der Waals surface area contributed by atoms with E-state index in [2.05, 4.69) is 6.92 Å². The fraction of sp³-hybridized carbons (Fsp3) is 0.400. The van der Waals surface area contributed by atoms with Crippen molar-refractivity contribution in [3.8, 4) is 0 Å². The lowest BCUT2D eigenvalue weighted by atomic mass is 10.1. The SMILES string of the molecule is CC1(c2ccc(Cl)cc2)OCCS1. The second-order valence-corrected chi connectivity index (χ2v) is 5.06. The summed E-state index contributed by atoms with van der Waals surface area (Å²) in [7, 11) is 0. The van der Waals surface area contributed by atoms with Gasteiger partial charge >= 0.3 is 0 Å². The van der Waals surface area contributed by atoms with Gasteiger partial charge in [-0.25, -0.2) is 0 Å². The largest absolute Gasteiger partial charge is 0.359 e. The van der Waals surface area contributed by atoms with E-state index in [1.807, 2.05) is 36.0 Å². The van der Waals surface area contributed by atoms with Gasteiger partial charge < -0.3 is 4.74 Å². The fourth-order valence-corrected chi connectivity index (χ4v) is 2.59. The highest BCUT2D eigenvalue weighted by Crippen LogP contribution is 2.41. The highest BCUT2D eigenvalue weighted by molar-refractivity contribution is 8.00. The van der Waals surface area contributed by atoms with Crippen molar-refractivity contribution < 1.29 is 4.74 Å². The molecule has 70 valence electrons. The van der Waals surface area contributed by atoms with Crippen LogP contribution < -0.4 is 0 Å². The summed E-state index contributed by atoms with van der Waals surface area (Å²) in [4.78, 5) is -0.162. The van der Waals surface area contributed by atoms with E-state index in [1.165, 1.54) is 5.56 Å². The number of hydrogen-bond donors (Lipinski definition) is 0. The Kier molecular flexibility index (Phi) is 2.54. The number of thioether (sulfide) groups is 1. The van der Waals surface area contributed by atoms with Crippen LogP contribution in [0.5, 0.6) is 0 Å². The van der Waals surface area contributed by atoms with E-state index in [0.717, 1.165) is 17.4 Å². The number of halogens is 1. The highest BCUT2D eigenvalue weighted by atomic mass is 35.5. The van der Waals surface area contributed by atoms with Gasteiger partial charge in [0.05, 0.1) is 6.61 Å². The Morgan fingerprint density at radius 1 is 1.38 bits per heavy atom. The van der Waals surface area contributed by atoms with Gasteiger partial charge in [-0.15, -0.1) is 11.8 Å². The second kappa shape index (κ2) is 3.52. The predicted octanol–water partition coefficient (Wildman–Crippen LogP) is 3.28. The minimum Gasteiger partial charge on any atom is -0.359 e. The van der Waals surface area contributed by atoms with E-state index in [4.69, 9.17) is 16.3 Å². The van der Waals surface area contributed by atoms with Crippen molar-refractivity contribution in [3.63, 3.8) is 0 Å². The van der Waals surface area contributed by atoms with E-state index < -0.39 is 0 Å². The quantitative estimate of drug-likeness (QED) is 0.710. The van der Waals surface area contributed by atoms with Crippen LogP contribution in [-0.2, 0) is 9.67 Å². The Bertz CT molecular complexity index is 290. The van der Waals surface area contributed by atoms with Crippen molar-refractivity contribution in [2.45, 2.75) is 11.9 Å². The molecule has 1 aromatic carbocycles. The molecule has 0 aliphatic carbocycles. The Hall–Kier alpha value is -0.180. The van der Waals surface area contributed by atoms with E-state index in [9.17, 15) is 0 Å². The van der Waals surface area contributed by atoms with Crippen LogP contribution in [0.2, 0.25) is 5.02 Å². The molecule has 0 bridgehead atoms. The summed E-state index contributed by atoms with van der Waals surface area (Å²) in [6.45, 7) is 2.94. The third kappa shape index (κ3) is 1.85. The molecule has 1 unspecified atom stereocenters. The minimum atomic E-state index is -0.162. The molecule has 1 aliphatic heterocycles. The lowest BCUT2D eigenvalue weighted by Gasteiger charge is -2.22. The van der Waals surface area contributed by atoms with E-state index in [-0.39, 0.29) is 4.93 Å². The van der Waals surface area contributed by atoms with Gasteiger partial charge in [-0.05, 0) is 24.6 Å². The molecule has 0 aromatic heterocycles. The van der Waals surface area contributed by atoms with Crippen LogP contribution in [0.4, 0.5) is 0 Å². The van der Waals surface area contributed by atoms with Gasteiger partial charge in [0.15, 0.2) is 0 Å². The maximum absolute atomic E-state index is 5.82. The first kappa shape index (κ1) is 9.38. The molecule has 1 saturated heterocycles. The molecule has 13 heavy (non-hydrogen) atoms. The van der Waals surface area contributed by atoms with Gasteiger partial charge in [-0.3, -0.25) is 0 Å². The summed E-state index contributed by atoms with van der Waals surface area (Å²) in [6.07, 6.45) is 0. The van der Waals surface area contributed by atoms with Crippen molar-refractivity contribution in [2.24, 2.45) is 0 Å². The van der Waals surface area contributed by atoms with Gasteiger partial charge in [0, 0.05) is 10.8 Å². The number of ether oxygens (including phenoxy) is 1. The molecule has 0 saturated carbocycles. The molecule has 1 heterocycles. The summed E-state index contributed by atoms with van der Waals surface area (Å²) in [5, 5.41) is 0.773. The van der Waals surface area contributed by atoms with Gasteiger partial charge in [0.1, 0.15) is 4.93 Å². The molecule has 3 heteroatoms. The van der Waals surface area contributed by atoms with Crippen LogP contribution in [0.3, 0.4) is 0 Å². The summed E-state index contributed by atoms with van der Waals surface area (Å²) in [6, 6.07) is 7.87. The molecule has 2 rings (SSSR count). The first-order chi connectivity index (χ1) is 6.21. The lowest BCUT2D eigenvalue weighted by Crippen LogP contribution is -2.15. The molecule has 1 nitrogen and oxygen atoms in total. The fourth-order valence-electron chi connectivity index (χ4n) is 1.43. The normalized spacial score (nSPS) is 27.8. The number of rotatable bonds is 1. The van der Waals surface area contributed by atoms with Crippen molar-refractivity contribution in [1.82, 2.24) is 0 Å². The molecule has 1 aromatic rings. The predicted molar refractivity (Wildman–Crippen MR) is 57.2 cm³/mol. The summed E-state index contributed by atoms with van der Waals surface area (Å²) in [5.41, 5.74) is 1.19. The van der Waals surface area contributed by atoms with Crippen LogP contribution in [-0.4, -0.2) is 12.4 Å². The average Bonchev–Trinajstić information content (AvgIpc) is 2.54. The first-order valence-electron chi connectivity index (χ1n) is 4.25. The Morgan fingerprint density at radius 3 is 2.62 bits per heavy atom. The monoisotopic (exact) mass is 214 g/mol. The van der Waals surface area contributed by atoms with Crippen molar-refractivity contribution >= 4 is 23.4 Å². The highest BCUT2D eigenvalue weighted by Gasteiger charge is 2.32. The van der Waals surface area contributed by atoms with Gasteiger partial charge in [0.2, 0.25) is 0 Å². The molecule has 1 aliphatic rings. The van der Waals surface area contributed by atoms with Gasteiger partial charge in [-0.1, -0.05) is 23.7 Å². The molecular formula is C10H11ClOS. The second-order valence-electron chi connectivity index (χ2n) is 3.15. The zero-order valence-electron chi connectivity index (χ0n) is 7.42. The Morgan fingerprint density at radius 2 is 2.08 bits per heavy atom. The molecule has 0 radical (unpaired) electrons. The summed E-state index contributed by atoms with van der Waals surface area (Å²) < 4.78 is 5.69. The maximum Gasteiger partial charge on any atom is 0.136 e. The number of hydrogen-bond acceptors (Lipinski definition) is 2. The van der Waals surface area contributed by atoms with Gasteiger partial charge in [0.25, 0.3) is 0 Å². The van der Waals surface area contributed by atoms with Crippen LogP contribution in [0.1, 0.15) is 12.5 Å². The molecule has 1 atom stereocenters. The topological polar surface area (TPSA) is 9.23 Å². The zero-order chi connectivity index (χ0) is 9.31. The minimum absolute atomic E-state index is 0.162.